The topological polar surface area (TPSA) is 41.1 Å². The van der Waals surface area contributed by atoms with E-state index in [0.717, 1.165) is 25.1 Å². The molecule has 0 saturated carbocycles. The van der Waals surface area contributed by atoms with Gasteiger partial charge in [-0.2, -0.15) is 0 Å². The zero-order valence-electron chi connectivity index (χ0n) is 12.7. The van der Waals surface area contributed by atoms with Crippen LogP contribution in [-0.4, -0.2) is 25.0 Å². The minimum Gasteiger partial charge on any atom is -0.356 e. The van der Waals surface area contributed by atoms with E-state index in [4.69, 9.17) is 0 Å². The van der Waals surface area contributed by atoms with Crippen molar-refractivity contribution in [1.29, 1.82) is 0 Å². The Labute approximate surface area is 122 Å². The Morgan fingerprint density at radius 1 is 1.35 bits per heavy atom. The van der Waals surface area contributed by atoms with Crippen LogP contribution in [0.5, 0.6) is 0 Å². The molecular weight excluding hydrogens is 248 g/mol. The molecule has 1 unspecified atom stereocenters. The third-order valence-electron chi connectivity index (χ3n) is 4.08. The van der Waals surface area contributed by atoms with E-state index in [1.807, 2.05) is 0 Å². The highest BCUT2D eigenvalue weighted by Gasteiger charge is 2.12. The normalized spacial score (nSPS) is 18.8. The maximum Gasteiger partial charge on any atom is 0.224 e. The molecule has 1 aromatic carbocycles. The molecule has 0 bridgehead atoms. The lowest BCUT2D eigenvalue weighted by molar-refractivity contribution is -0.120. The van der Waals surface area contributed by atoms with Crippen LogP contribution in [0.3, 0.4) is 0 Å². The number of hydrogen-bond acceptors (Lipinski definition) is 2. The first-order valence-corrected chi connectivity index (χ1v) is 7.71. The fourth-order valence-electron chi connectivity index (χ4n) is 2.78. The number of carbonyl (C=O) groups is 1. The Morgan fingerprint density at radius 2 is 2.20 bits per heavy atom. The van der Waals surface area contributed by atoms with Gasteiger partial charge in [-0.3, -0.25) is 4.79 Å². The zero-order chi connectivity index (χ0) is 14.4. The van der Waals surface area contributed by atoms with Crippen molar-refractivity contribution in [3.63, 3.8) is 0 Å². The summed E-state index contributed by atoms with van der Waals surface area (Å²) >= 11 is 0. The van der Waals surface area contributed by atoms with Crippen molar-refractivity contribution in [2.75, 3.05) is 13.1 Å². The minimum atomic E-state index is 0.134. The summed E-state index contributed by atoms with van der Waals surface area (Å²) in [6, 6.07) is 6.87. The maximum atomic E-state index is 12.0. The summed E-state index contributed by atoms with van der Waals surface area (Å²) in [4.78, 5) is 12.0. The van der Waals surface area contributed by atoms with E-state index < -0.39 is 0 Å². The van der Waals surface area contributed by atoms with Crippen molar-refractivity contribution in [1.82, 2.24) is 10.6 Å². The molecule has 1 atom stereocenters. The first kappa shape index (κ1) is 15.0. The molecule has 1 fully saturated rings. The third-order valence-corrected chi connectivity index (χ3v) is 4.08. The number of benzene rings is 1. The van der Waals surface area contributed by atoms with Crippen LogP contribution >= 0.6 is 0 Å². The van der Waals surface area contributed by atoms with E-state index in [1.165, 1.54) is 30.4 Å². The standard InChI is InChI=1S/C17H26N2O/c1-13-6-7-14(2)15(11-13)12-17(20)19-10-8-16-5-3-4-9-18-16/h6-7,11,16,18H,3-5,8-10,12H2,1-2H3,(H,19,20). The zero-order valence-corrected chi connectivity index (χ0v) is 12.7. The highest BCUT2D eigenvalue weighted by molar-refractivity contribution is 5.78. The molecule has 1 aromatic rings. The Morgan fingerprint density at radius 3 is 2.95 bits per heavy atom. The lowest BCUT2D eigenvalue weighted by Crippen LogP contribution is -2.37. The van der Waals surface area contributed by atoms with Crippen molar-refractivity contribution >= 4 is 5.91 Å². The van der Waals surface area contributed by atoms with Crippen LogP contribution in [0.4, 0.5) is 0 Å². The van der Waals surface area contributed by atoms with Crippen molar-refractivity contribution in [3.05, 3.63) is 34.9 Å². The Kier molecular flexibility index (Phi) is 5.60. The van der Waals surface area contributed by atoms with Crippen molar-refractivity contribution in [2.45, 2.75) is 52.0 Å². The summed E-state index contributed by atoms with van der Waals surface area (Å²) in [6.07, 6.45) is 5.38. The summed E-state index contributed by atoms with van der Waals surface area (Å²) in [6.45, 7) is 6.03. The van der Waals surface area contributed by atoms with E-state index in [1.54, 1.807) is 0 Å². The Hall–Kier alpha value is -1.35. The van der Waals surface area contributed by atoms with Crippen LogP contribution in [-0.2, 0) is 11.2 Å². The number of piperidine rings is 1. The summed E-state index contributed by atoms with van der Waals surface area (Å²) in [5.74, 6) is 0.134. The Bertz CT molecular complexity index is 450. The average molecular weight is 274 g/mol. The van der Waals surface area contributed by atoms with Gasteiger partial charge in [0.15, 0.2) is 0 Å². The predicted octanol–water partition coefficient (Wildman–Crippen LogP) is 2.49. The fraction of sp³-hybridized carbons (Fsp3) is 0.588. The summed E-state index contributed by atoms with van der Waals surface area (Å²) in [5.41, 5.74) is 3.54. The van der Waals surface area contributed by atoms with Crippen LogP contribution < -0.4 is 10.6 Å². The molecule has 0 radical (unpaired) electrons. The van der Waals surface area contributed by atoms with Gasteiger partial charge < -0.3 is 10.6 Å². The molecule has 1 aliphatic heterocycles. The number of nitrogens with one attached hydrogen (secondary N) is 2. The van der Waals surface area contributed by atoms with Gasteiger partial charge in [0, 0.05) is 12.6 Å². The monoisotopic (exact) mass is 274 g/mol. The van der Waals surface area contributed by atoms with Crippen molar-refractivity contribution in [3.8, 4) is 0 Å². The van der Waals surface area contributed by atoms with Crippen LogP contribution in [0.25, 0.3) is 0 Å². The van der Waals surface area contributed by atoms with Gasteiger partial charge in [-0.25, -0.2) is 0 Å². The van der Waals surface area contributed by atoms with Gasteiger partial charge in [-0.15, -0.1) is 0 Å². The first-order chi connectivity index (χ1) is 9.65. The van der Waals surface area contributed by atoms with E-state index in [9.17, 15) is 4.79 Å². The maximum absolute atomic E-state index is 12.0. The molecule has 2 rings (SSSR count). The number of rotatable bonds is 5. The largest absolute Gasteiger partial charge is 0.356 e. The van der Waals surface area contributed by atoms with Gasteiger partial charge >= 0.3 is 0 Å². The van der Waals surface area contributed by atoms with Crippen LogP contribution in [0.15, 0.2) is 18.2 Å². The van der Waals surface area contributed by atoms with Crippen LogP contribution in [0.1, 0.15) is 42.4 Å². The van der Waals surface area contributed by atoms with Crippen molar-refractivity contribution in [2.24, 2.45) is 0 Å². The fourth-order valence-corrected chi connectivity index (χ4v) is 2.78. The highest BCUT2D eigenvalue weighted by Crippen LogP contribution is 2.12. The molecule has 3 nitrogen and oxygen atoms in total. The smallest absolute Gasteiger partial charge is 0.224 e. The lowest BCUT2D eigenvalue weighted by atomic mass is 10.0. The number of hydrogen-bond donors (Lipinski definition) is 2. The molecule has 110 valence electrons. The van der Waals surface area contributed by atoms with E-state index in [-0.39, 0.29) is 5.91 Å². The molecule has 0 spiro atoms. The van der Waals surface area contributed by atoms with Crippen LogP contribution in [0, 0.1) is 13.8 Å². The van der Waals surface area contributed by atoms with E-state index >= 15 is 0 Å². The molecule has 0 aliphatic carbocycles. The lowest BCUT2D eigenvalue weighted by Gasteiger charge is -2.23. The average Bonchev–Trinajstić information content (AvgIpc) is 2.44. The number of aryl methyl sites for hydroxylation is 2. The molecule has 1 aliphatic rings. The second-order valence-corrected chi connectivity index (χ2v) is 5.89. The molecule has 1 amide bonds. The quantitative estimate of drug-likeness (QED) is 0.866. The Balaban J connectivity index is 1.73. The minimum absolute atomic E-state index is 0.134. The predicted molar refractivity (Wildman–Crippen MR) is 82.9 cm³/mol. The van der Waals surface area contributed by atoms with E-state index in [2.05, 4.69) is 42.7 Å². The van der Waals surface area contributed by atoms with Gasteiger partial charge in [0.25, 0.3) is 0 Å². The summed E-state index contributed by atoms with van der Waals surface area (Å²) in [5, 5.41) is 6.55. The van der Waals surface area contributed by atoms with Gasteiger partial charge in [0.2, 0.25) is 5.91 Å². The van der Waals surface area contributed by atoms with Gasteiger partial charge in [-0.1, -0.05) is 30.2 Å². The summed E-state index contributed by atoms with van der Waals surface area (Å²) < 4.78 is 0. The van der Waals surface area contributed by atoms with Gasteiger partial charge in [0.1, 0.15) is 0 Å². The molecule has 20 heavy (non-hydrogen) atoms. The van der Waals surface area contributed by atoms with Crippen molar-refractivity contribution < 1.29 is 4.79 Å². The SMILES string of the molecule is Cc1ccc(C)c(CC(=O)NCCC2CCCCN2)c1. The molecule has 1 heterocycles. The molecule has 3 heteroatoms. The summed E-state index contributed by atoms with van der Waals surface area (Å²) in [7, 11) is 0. The second kappa shape index (κ2) is 7.44. The van der Waals surface area contributed by atoms with Gasteiger partial charge in [0.05, 0.1) is 6.42 Å². The molecule has 1 saturated heterocycles. The second-order valence-electron chi connectivity index (χ2n) is 5.89. The van der Waals surface area contributed by atoms with Gasteiger partial charge in [-0.05, 0) is 50.8 Å². The third kappa shape index (κ3) is 4.64. The molecule has 2 N–H and O–H groups in total. The molecule has 0 aromatic heterocycles. The number of amides is 1. The van der Waals surface area contributed by atoms with E-state index in [0.29, 0.717) is 12.5 Å². The van der Waals surface area contributed by atoms with Crippen LogP contribution in [0.2, 0.25) is 0 Å². The highest BCUT2D eigenvalue weighted by atomic mass is 16.1. The number of carbonyl (C=O) groups excluding carboxylic acids is 1. The first-order valence-electron chi connectivity index (χ1n) is 7.71. The molecular formula is C17H26N2O.